The van der Waals surface area contributed by atoms with E-state index in [1.807, 2.05) is 31.2 Å². The van der Waals surface area contributed by atoms with E-state index >= 15 is 0 Å². The molecule has 1 fully saturated rings. The lowest BCUT2D eigenvalue weighted by Gasteiger charge is -2.40. The average Bonchev–Trinajstić information content (AvgIpc) is 2.48. The van der Waals surface area contributed by atoms with Gasteiger partial charge in [0, 0.05) is 5.69 Å². The highest BCUT2D eigenvalue weighted by Crippen LogP contribution is 2.28. The molecular formula is C15H22N2O3. The summed E-state index contributed by atoms with van der Waals surface area (Å²) >= 11 is 0. The highest BCUT2D eigenvalue weighted by atomic mass is 16.5. The minimum absolute atomic E-state index is 0.0135. The molecule has 1 amide bonds. The van der Waals surface area contributed by atoms with Crippen LogP contribution < -0.4 is 15.4 Å². The number of nitrogens with two attached hydrogens (primary N) is 1. The summed E-state index contributed by atoms with van der Waals surface area (Å²) in [6.07, 6.45) is 1.74. The van der Waals surface area contributed by atoms with Crippen LogP contribution in [0.2, 0.25) is 0 Å². The van der Waals surface area contributed by atoms with Crippen molar-refractivity contribution in [3.8, 4) is 5.75 Å². The van der Waals surface area contributed by atoms with Crippen molar-refractivity contribution >= 4 is 11.6 Å². The van der Waals surface area contributed by atoms with E-state index in [2.05, 4.69) is 0 Å². The van der Waals surface area contributed by atoms with Gasteiger partial charge in [-0.15, -0.1) is 0 Å². The number of benzene rings is 1. The number of anilines is 1. The van der Waals surface area contributed by atoms with E-state index in [0.29, 0.717) is 13.1 Å². The molecule has 2 rings (SSSR count). The second-order valence-corrected chi connectivity index (χ2v) is 5.31. The molecule has 0 aliphatic carbocycles. The van der Waals surface area contributed by atoms with Crippen LogP contribution in [-0.4, -0.2) is 38.3 Å². The molecule has 0 saturated carbocycles. The number of ether oxygens (including phenoxy) is 2. The minimum Gasteiger partial charge on any atom is -0.497 e. The number of methoxy groups -OCH3 is 1. The molecule has 1 heterocycles. The van der Waals surface area contributed by atoms with Gasteiger partial charge in [0.2, 0.25) is 0 Å². The molecule has 110 valence electrons. The Morgan fingerprint density at radius 3 is 2.70 bits per heavy atom. The number of carbonyl (C=O) groups is 1. The van der Waals surface area contributed by atoms with Crippen LogP contribution in [-0.2, 0) is 9.53 Å². The van der Waals surface area contributed by atoms with E-state index in [9.17, 15) is 4.79 Å². The SMILES string of the molecule is COc1ccc(N2CC(C)(CCCN)OCC2=O)cc1. The van der Waals surface area contributed by atoms with Crippen molar-refractivity contribution in [1.82, 2.24) is 0 Å². The van der Waals surface area contributed by atoms with E-state index in [1.54, 1.807) is 12.0 Å². The molecule has 0 bridgehead atoms. The van der Waals surface area contributed by atoms with Crippen LogP contribution in [0.5, 0.6) is 5.75 Å². The molecule has 5 nitrogen and oxygen atoms in total. The quantitative estimate of drug-likeness (QED) is 0.887. The smallest absolute Gasteiger partial charge is 0.253 e. The summed E-state index contributed by atoms with van der Waals surface area (Å²) in [7, 11) is 1.62. The Morgan fingerprint density at radius 1 is 1.40 bits per heavy atom. The van der Waals surface area contributed by atoms with Crippen molar-refractivity contribution in [3.63, 3.8) is 0 Å². The predicted molar refractivity (Wildman–Crippen MR) is 78.0 cm³/mol. The lowest BCUT2D eigenvalue weighted by Crippen LogP contribution is -2.53. The van der Waals surface area contributed by atoms with Gasteiger partial charge < -0.3 is 20.1 Å². The van der Waals surface area contributed by atoms with Crippen molar-refractivity contribution in [2.45, 2.75) is 25.4 Å². The number of rotatable bonds is 5. The first-order chi connectivity index (χ1) is 9.58. The van der Waals surface area contributed by atoms with Crippen LogP contribution in [0.25, 0.3) is 0 Å². The third-order valence-electron chi connectivity index (χ3n) is 3.63. The number of nitrogens with zero attached hydrogens (tertiary/aromatic N) is 1. The van der Waals surface area contributed by atoms with Gasteiger partial charge in [0.1, 0.15) is 12.4 Å². The molecule has 1 unspecified atom stereocenters. The maximum absolute atomic E-state index is 12.1. The Bertz CT molecular complexity index is 461. The summed E-state index contributed by atoms with van der Waals surface area (Å²) in [5, 5.41) is 0. The Kier molecular flexibility index (Phi) is 4.62. The van der Waals surface area contributed by atoms with Gasteiger partial charge in [-0.25, -0.2) is 0 Å². The molecule has 1 atom stereocenters. The normalized spacial score (nSPS) is 22.9. The first kappa shape index (κ1) is 14.8. The van der Waals surface area contributed by atoms with Crippen molar-refractivity contribution in [2.24, 2.45) is 5.73 Å². The van der Waals surface area contributed by atoms with E-state index in [4.69, 9.17) is 15.2 Å². The maximum Gasteiger partial charge on any atom is 0.253 e. The predicted octanol–water partition coefficient (Wildman–Crippen LogP) is 1.56. The van der Waals surface area contributed by atoms with E-state index in [1.165, 1.54) is 0 Å². The zero-order valence-electron chi connectivity index (χ0n) is 12.1. The molecule has 0 aromatic heterocycles. The van der Waals surface area contributed by atoms with Crippen molar-refractivity contribution in [2.75, 3.05) is 31.7 Å². The average molecular weight is 278 g/mol. The Balaban J connectivity index is 2.13. The summed E-state index contributed by atoms with van der Waals surface area (Å²) in [5.74, 6) is 0.765. The monoisotopic (exact) mass is 278 g/mol. The van der Waals surface area contributed by atoms with Gasteiger partial charge in [-0.3, -0.25) is 4.79 Å². The molecule has 5 heteroatoms. The minimum atomic E-state index is -0.326. The molecule has 20 heavy (non-hydrogen) atoms. The second-order valence-electron chi connectivity index (χ2n) is 5.31. The topological polar surface area (TPSA) is 64.8 Å². The first-order valence-electron chi connectivity index (χ1n) is 6.86. The van der Waals surface area contributed by atoms with Crippen LogP contribution in [0.4, 0.5) is 5.69 Å². The van der Waals surface area contributed by atoms with Gasteiger partial charge in [0.15, 0.2) is 0 Å². The molecule has 1 aliphatic heterocycles. The molecule has 0 radical (unpaired) electrons. The summed E-state index contributed by atoms with van der Waals surface area (Å²) in [5.41, 5.74) is 6.11. The standard InChI is InChI=1S/C15H22N2O3/c1-15(8-3-9-16)11-17(14(18)10-20-15)12-4-6-13(19-2)7-5-12/h4-7H,3,8-11,16H2,1-2H3. The third kappa shape index (κ3) is 3.29. The van der Waals surface area contributed by atoms with Gasteiger partial charge in [-0.2, -0.15) is 0 Å². The van der Waals surface area contributed by atoms with Crippen LogP contribution in [0.15, 0.2) is 24.3 Å². The van der Waals surface area contributed by atoms with Gasteiger partial charge in [-0.1, -0.05) is 0 Å². The van der Waals surface area contributed by atoms with Crippen LogP contribution >= 0.6 is 0 Å². The lowest BCUT2D eigenvalue weighted by atomic mass is 9.97. The molecule has 0 spiro atoms. The van der Waals surface area contributed by atoms with Gasteiger partial charge in [0.25, 0.3) is 5.91 Å². The Morgan fingerprint density at radius 2 is 2.10 bits per heavy atom. The molecule has 1 saturated heterocycles. The first-order valence-corrected chi connectivity index (χ1v) is 6.86. The third-order valence-corrected chi connectivity index (χ3v) is 3.63. The summed E-state index contributed by atoms with van der Waals surface area (Å²) in [6, 6.07) is 7.50. The lowest BCUT2D eigenvalue weighted by molar-refractivity contribution is -0.137. The fourth-order valence-electron chi connectivity index (χ4n) is 2.41. The summed E-state index contributed by atoms with van der Waals surface area (Å²) in [6.45, 7) is 3.34. The van der Waals surface area contributed by atoms with Crippen molar-refractivity contribution < 1.29 is 14.3 Å². The molecule has 1 aliphatic rings. The van der Waals surface area contributed by atoms with E-state index < -0.39 is 0 Å². The Hall–Kier alpha value is -1.59. The Labute approximate surface area is 119 Å². The van der Waals surface area contributed by atoms with Crippen LogP contribution in [0, 0.1) is 0 Å². The van der Waals surface area contributed by atoms with Crippen LogP contribution in [0.1, 0.15) is 19.8 Å². The molecule has 2 N–H and O–H groups in total. The highest BCUT2D eigenvalue weighted by molar-refractivity contribution is 5.95. The van der Waals surface area contributed by atoms with Crippen molar-refractivity contribution in [1.29, 1.82) is 0 Å². The van der Waals surface area contributed by atoms with E-state index in [-0.39, 0.29) is 18.1 Å². The zero-order chi connectivity index (χ0) is 14.6. The number of hydrogen-bond donors (Lipinski definition) is 1. The number of amides is 1. The molecular weight excluding hydrogens is 256 g/mol. The van der Waals surface area contributed by atoms with Gasteiger partial charge >= 0.3 is 0 Å². The second kappa shape index (κ2) is 6.24. The van der Waals surface area contributed by atoms with Crippen LogP contribution in [0.3, 0.4) is 0 Å². The summed E-state index contributed by atoms with van der Waals surface area (Å²) < 4.78 is 10.8. The zero-order valence-corrected chi connectivity index (χ0v) is 12.1. The fraction of sp³-hybridized carbons (Fsp3) is 0.533. The summed E-state index contributed by atoms with van der Waals surface area (Å²) in [4.78, 5) is 13.8. The van der Waals surface area contributed by atoms with Gasteiger partial charge in [-0.05, 0) is 50.6 Å². The fourth-order valence-corrected chi connectivity index (χ4v) is 2.41. The molecule has 1 aromatic rings. The number of hydrogen-bond acceptors (Lipinski definition) is 4. The molecule has 1 aromatic carbocycles. The number of morpholine rings is 1. The largest absolute Gasteiger partial charge is 0.497 e. The van der Waals surface area contributed by atoms with Gasteiger partial charge in [0.05, 0.1) is 19.3 Å². The number of carbonyl (C=O) groups excluding carboxylic acids is 1. The maximum atomic E-state index is 12.1. The highest BCUT2D eigenvalue weighted by Gasteiger charge is 2.36. The van der Waals surface area contributed by atoms with E-state index in [0.717, 1.165) is 24.3 Å². The van der Waals surface area contributed by atoms with Crippen molar-refractivity contribution in [3.05, 3.63) is 24.3 Å².